The summed E-state index contributed by atoms with van der Waals surface area (Å²) in [6.45, 7) is 5.60. The lowest BCUT2D eigenvalue weighted by molar-refractivity contribution is 0.104. The molecule has 0 saturated heterocycles. The van der Waals surface area contributed by atoms with Crippen LogP contribution in [-0.2, 0) is 0 Å². The number of rotatable bonds is 7. The van der Waals surface area contributed by atoms with Crippen LogP contribution in [0.3, 0.4) is 0 Å². The molecule has 0 aliphatic heterocycles. The molecule has 152 valence electrons. The van der Waals surface area contributed by atoms with E-state index in [1.165, 1.54) is 6.20 Å². The highest BCUT2D eigenvalue weighted by molar-refractivity contribution is 6.31. The van der Waals surface area contributed by atoms with Crippen LogP contribution in [0, 0.1) is 6.92 Å². The minimum Gasteiger partial charge on any atom is -0.437 e. The van der Waals surface area contributed by atoms with E-state index in [1.54, 1.807) is 42.5 Å². The van der Waals surface area contributed by atoms with Crippen LogP contribution in [0.15, 0.2) is 60.3 Å². The smallest absolute Gasteiger partial charge is 0.243 e. The summed E-state index contributed by atoms with van der Waals surface area (Å²) in [6.07, 6.45) is 3.72. The van der Waals surface area contributed by atoms with E-state index in [0.717, 1.165) is 17.4 Å². The first-order valence-corrected chi connectivity index (χ1v) is 9.56. The number of nitrogens with one attached hydrogen (secondary N) is 1. The number of carbonyl (C=O) groups excluding carboxylic acids is 2. The van der Waals surface area contributed by atoms with E-state index in [2.05, 4.69) is 15.3 Å². The summed E-state index contributed by atoms with van der Waals surface area (Å²) < 4.78 is 5.87. The first kappa shape index (κ1) is 21.2. The molecule has 1 aromatic heterocycles. The van der Waals surface area contributed by atoms with Gasteiger partial charge in [0.05, 0.1) is 11.8 Å². The van der Waals surface area contributed by atoms with E-state index in [0.29, 0.717) is 22.6 Å². The minimum atomic E-state index is -0.171. The number of hydrogen-bond acceptors (Lipinski definition) is 6. The molecule has 0 unspecified atom stereocenters. The summed E-state index contributed by atoms with van der Waals surface area (Å²) in [5.41, 5.74) is 3.42. The number of nitrogens with zero attached hydrogens (tertiary/aromatic N) is 2. The average molecular weight is 422 g/mol. The third-order valence-corrected chi connectivity index (χ3v) is 4.39. The molecule has 0 radical (unpaired) electrons. The Morgan fingerprint density at radius 1 is 1.17 bits per heavy atom. The Bertz CT molecular complexity index is 1140. The zero-order chi connectivity index (χ0) is 21.7. The quantitative estimate of drug-likeness (QED) is 0.289. The Balaban J connectivity index is 1.92. The Labute approximate surface area is 179 Å². The normalized spacial score (nSPS) is 10.3. The topological polar surface area (TPSA) is 81.2 Å². The van der Waals surface area contributed by atoms with Gasteiger partial charge in [-0.1, -0.05) is 41.4 Å². The number of aldehydes is 1. The van der Waals surface area contributed by atoms with Gasteiger partial charge in [0.25, 0.3) is 0 Å². The van der Waals surface area contributed by atoms with Crippen molar-refractivity contribution in [3.05, 3.63) is 82.0 Å². The highest BCUT2D eigenvalue weighted by atomic mass is 35.5. The second-order valence-electron chi connectivity index (χ2n) is 6.85. The summed E-state index contributed by atoms with van der Waals surface area (Å²) in [5.74, 6) is 0.519. The number of anilines is 2. The zero-order valence-electron chi connectivity index (χ0n) is 16.8. The minimum absolute atomic E-state index is 0.107. The maximum atomic E-state index is 12.5. The number of ketones is 1. The summed E-state index contributed by atoms with van der Waals surface area (Å²) in [6, 6.07) is 12.1. The highest BCUT2D eigenvalue weighted by Crippen LogP contribution is 2.31. The van der Waals surface area contributed by atoms with E-state index in [1.807, 2.05) is 26.8 Å². The Kier molecular flexibility index (Phi) is 6.59. The highest BCUT2D eigenvalue weighted by Gasteiger charge is 2.15. The molecule has 0 aliphatic carbocycles. The maximum absolute atomic E-state index is 12.5. The van der Waals surface area contributed by atoms with Gasteiger partial charge in [-0.05, 0) is 50.6 Å². The van der Waals surface area contributed by atoms with Crippen LogP contribution < -0.4 is 10.1 Å². The Morgan fingerprint density at radius 2 is 1.93 bits per heavy atom. The van der Waals surface area contributed by atoms with E-state index < -0.39 is 0 Å². The second kappa shape index (κ2) is 9.33. The first-order valence-electron chi connectivity index (χ1n) is 9.19. The van der Waals surface area contributed by atoms with Gasteiger partial charge < -0.3 is 10.1 Å². The molecule has 0 bridgehead atoms. The van der Waals surface area contributed by atoms with Crippen molar-refractivity contribution in [1.29, 1.82) is 0 Å². The van der Waals surface area contributed by atoms with E-state index in [-0.39, 0.29) is 22.6 Å². The van der Waals surface area contributed by atoms with E-state index in [4.69, 9.17) is 16.3 Å². The fourth-order valence-electron chi connectivity index (χ4n) is 2.65. The van der Waals surface area contributed by atoms with Crippen LogP contribution in [0.4, 0.5) is 11.6 Å². The molecule has 0 amide bonds. The van der Waals surface area contributed by atoms with Crippen molar-refractivity contribution in [2.24, 2.45) is 0 Å². The van der Waals surface area contributed by atoms with Crippen LogP contribution in [0.25, 0.3) is 0 Å². The van der Waals surface area contributed by atoms with E-state index >= 15 is 0 Å². The van der Waals surface area contributed by atoms with Gasteiger partial charge >= 0.3 is 0 Å². The molecule has 1 N–H and O–H groups in total. The summed E-state index contributed by atoms with van der Waals surface area (Å²) in [7, 11) is 0. The maximum Gasteiger partial charge on any atom is 0.243 e. The molecule has 3 rings (SSSR count). The van der Waals surface area contributed by atoms with Crippen molar-refractivity contribution in [2.45, 2.75) is 20.8 Å². The van der Waals surface area contributed by atoms with Crippen molar-refractivity contribution >= 4 is 35.3 Å². The zero-order valence-corrected chi connectivity index (χ0v) is 17.5. The van der Waals surface area contributed by atoms with Gasteiger partial charge in [-0.2, -0.15) is 4.98 Å². The van der Waals surface area contributed by atoms with Gasteiger partial charge in [-0.15, -0.1) is 0 Å². The molecule has 0 spiro atoms. The molecule has 0 aliphatic rings. The molecular formula is C23H20ClN3O3. The number of aryl methyl sites for hydroxylation is 1. The van der Waals surface area contributed by atoms with Gasteiger partial charge in [-0.25, -0.2) is 4.98 Å². The number of para-hydroxylation sites is 1. The molecule has 30 heavy (non-hydrogen) atoms. The first-order chi connectivity index (χ1) is 14.4. The standard InChI is InChI=1S/C23H20ClN3O3/c1-14(2)10-20(29)17-6-4-5-7-21(17)30-22-18(24)12-25-23(27-22)26-19-11-16(13-28)9-8-15(19)3/h4-13H,1-3H3,(H,25,26,27). The third-order valence-electron chi connectivity index (χ3n) is 4.14. The number of allylic oxidation sites excluding steroid dienone is 2. The fraction of sp³-hybridized carbons (Fsp3) is 0.130. The molecule has 2 aromatic carbocycles. The number of aromatic nitrogens is 2. The lowest BCUT2D eigenvalue weighted by Gasteiger charge is -2.12. The van der Waals surface area contributed by atoms with Gasteiger partial charge in [0, 0.05) is 11.3 Å². The Hall–Kier alpha value is -3.51. The predicted octanol–water partition coefficient (Wildman–Crippen LogP) is 5.94. The molecule has 7 heteroatoms. The van der Waals surface area contributed by atoms with Crippen LogP contribution in [0.2, 0.25) is 5.02 Å². The van der Waals surface area contributed by atoms with Crippen molar-refractivity contribution in [3.8, 4) is 11.6 Å². The lowest BCUT2D eigenvalue weighted by Crippen LogP contribution is -2.03. The second-order valence-corrected chi connectivity index (χ2v) is 7.26. The number of carbonyl (C=O) groups is 2. The average Bonchev–Trinajstić information content (AvgIpc) is 2.72. The van der Waals surface area contributed by atoms with Gasteiger partial charge in [0.15, 0.2) is 5.78 Å². The summed E-state index contributed by atoms with van der Waals surface area (Å²) in [4.78, 5) is 32.0. The molecule has 1 heterocycles. The molecule has 6 nitrogen and oxygen atoms in total. The molecule has 0 saturated carbocycles. The van der Waals surface area contributed by atoms with Crippen molar-refractivity contribution in [1.82, 2.24) is 9.97 Å². The van der Waals surface area contributed by atoms with Crippen LogP contribution in [0.1, 0.15) is 40.1 Å². The number of hydrogen-bond donors (Lipinski definition) is 1. The SMILES string of the molecule is CC(C)=CC(=O)c1ccccc1Oc1nc(Nc2cc(C=O)ccc2C)ncc1Cl. The van der Waals surface area contributed by atoms with Crippen molar-refractivity contribution < 1.29 is 14.3 Å². The van der Waals surface area contributed by atoms with Crippen LogP contribution >= 0.6 is 11.6 Å². The van der Waals surface area contributed by atoms with Crippen LogP contribution in [0.5, 0.6) is 11.6 Å². The predicted molar refractivity (Wildman–Crippen MR) is 117 cm³/mol. The largest absolute Gasteiger partial charge is 0.437 e. The summed E-state index contributed by atoms with van der Waals surface area (Å²) in [5, 5.41) is 3.27. The number of halogens is 1. The van der Waals surface area contributed by atoms with Crippen LogP contribution in [-0.4, -0.2) is 22.0 Å². The lowest BCUT2D eigenvalue weighted by atomic mass is 10.1. The third kappa shape index (κ3) is 5.10. The van der Waals surface area contributed by atoms with E-state index in [9.17, 15) is 9.59 Å². The summed E-state index contributed by atoms with van der Waals surface area (Å²) >= 11 is 6.22. The van der Waals surface area contributed by atoms with Gasteiger partial charge in [0.1, 0.15) is 17.1 Å². The fourth-order valence-corrected chi connectivity index (χ4v) is 2.78. The van der Waals surface area contributed by atoms with Crippen molar-refractivity contribution in [2.75, 3.05) is 5.32 Å². The number of benzene rings is 2. The molecule has 0 atom stereocenters. The van der Waals surface area contributed by atoms with Gasteiger partial charge in [0.2, 0.25) is 11.8 Å². The molecular weight excluding hydrogens is 402 g/mol. The van der Waals surface area contributed by atoms with Crippen molar-refractivity contribution in [3.63, 3.8) is 0 Å². The monoisotopic (exact) mass is 421 g/mol. The molecule has 0 fully saturated rings. The van der Waals surface area contributed by atoms with Gasteiger partial charge in [-0.3, -0.25) is 9.59 Å². The Morgan fingerprint density at radius 3 is 2.67 bits per heavy atom. The number of ether oxygens (including phenoxy) is 1. The molecule has 3 aromatic rings.